The first-order valence-electron chi connectivity index (χ1n) is 6.63. The van der Waals surface area contributed by atoms with Gasteiger partial charge in [-0.25, -0.2) is 4.98 Å². The molecule has 0 spiro atoms. The number of rotatable bonds is 4. The molecule has 0 radical (unpaired) electrons. The second kappa shape index (κ2) is 5.89. The molecular weight excluding hydrogens is 281 g/mol. The standard InChI is InChI=1S/C15H17F3N2O/c1-9-8-19-14(21-9)11(3)20-10(2)12-5-4-6-13(7-12)15(16,17)18/h4-8,10-11,20H,1-3H3. The van der Waals surface area contributed by atoms with Crippen molar-refractivity contribution in [3.63, 3.8) is 0 Å². The monoisotopic (exact) mass is 298 g/mol. The fourth-order valence-corrected chi connectivity index (χ4v) is 2.10. The molecule has 114 valence electrons. The summed E-state index contributed by atoms with van der Waals surface area (Å²) in [5.74, 6) is 1.22. The first-order chi connectivity index (χ1) is 9.77. The highest BCUT2D eigenvalue weighted by atomic mass is 19.4. The van der Waals surface area contributed by atoms with Crippen LogP contribution in [0.15, 0.2) is 34.9 Å². The van der Waals surface area contributed by atoms with Gasteiger partial charge in [-0.1, -0.05) is 12.1 Å². The summed E-state index contributed by atoms with van der Waals surface area (Å²) in [4.78, 5) is 4.11. The van der Waals surface area contributed by atoms with E-state index in [1.807, 2.05) is 13.8 Å². The minimum Gasteiger partial charge on any atom is -0.444 e. The molecule has 21 heavy (non-hydrogen) atoms. The minimum atomic E-state index is -4.33. The zero-order valence-corrected chi connectivity index (χ0v) is 12.0. The summed E-state index contributed by atoms with van der Waals surface area (Å²) in [6.07, 6.45) is -2.72. The van der Waals surface area contributed by atoms with Crippen LogP contribution in [-0.4, -0.2) is 4.98 Å². The Morgan fingerprint density at radius 2 is 1.90 bits per heavy atom. The summed E-state index contributed by atoms with van der Waals surface area (Å²) in [7, 11) is 0. The van der Waals surface area contributed by atoms with Gasteiger partial charge in [0.05, 0.1) is 17.8 Å². The number of aryl methyl sites for hydroxylation is 1. The van der Waals surface area contributed by atoms with Gasteiger partial charge in [0.25, 0.3) is 0 Å². The van der Waals surface area contributed by atoms with Crippen LogP contribution in [0.2, 0.25) is 0 Å². The van der Waals surface area contributed by atoms with Gasteiger partial charge in [-0.2, -0.15) is 13.2 Å². The summed E-state index contributed by atoms with van der Waals surface area (Å²) in [6, 6.07) is 4.86. The van der Waals surface area contributed by atoms with Crippen molar-refractivity contribution in [2.24, 2.45) is 0 Å². The smallest absolute Gasteiger partial charge is 0.416 e. The molecule has 0 fully saturated rings. The van der Waals surface area contributed by atoms with Crippen LogP contribution in [0.3, 0.4) is 0 Å². The summed E-state index contributed by atoms with van der Waals surface area (Å²) >= 11 is 0. The third-order valence-corrected chi connectivity index (χ3v) is 3.22. The Bertz CT molecular complexity index is 607. The molecule has 2 rings (SSSR count). The SMILES string of the molecule is Cc1cnc(C(C)NC(C)c2cccc(C(F)(F)F)c2)o1. The predicted molar refractivity (Wildman–Crippen MR) is 72.6 cm³/mol. The molecule has 1 heterocycles. The predicted octanol–water partition coefficient (Wildman–Crippen LogP) is 4.41. The van der Waals surface area contributed by atoms with Crippen molar-refractivity contribution in [1.29, 1.82) is 0 Å². The molecule has 1 aromatic heterocycles. The minimum absolute atomic E-state index is 0.191. The first kappa shape index (κ1) is 15.6. The number of hydrogen-bond donors (Lipinski definition) is 1. The van der Waals surface area contributed by atoms with Gasteiger partial charge in [-0.15, -0.1) is 0 Å². The fourth-order valence-electron chi connectivity index (χ4n) is 2.10. The van der Waals surface area contributed by atoms with Gasteiger partial charge in [-0.05, 0) is 38.5 Å². The van der Waals surface area contributed by atoms with Crippen molar-refractivity contribution >= 4 is 0 Å². The van der Waals surface area contributed by atoms with Crippen molar-refractivity contribution < 1.29 is 17.6 Å². The zero-order valence-electron chi connectivity index (χ0n) is 12.0. The largest absolute Gasteiger partial charge is 0.444 e. The number of nitrogens with one attached hydrogen (secondary N) is 1. The van der Waals surface area contributed by atoms with Crippen LogP contribution in [0.4, 0.5) is 13.2 Å². The highest BCUT2D eigenvalue weighted by molar-refractivity contribution is 5.27. The molecule has 0 saturated carbocycles. The molecule has 0 aliphatic rings. The average molecular weight is 298 g/mol. The molecule has 0 aliphatic carbocycles. The number of alkyl halides is 3. The van der Waals surface area contributed by atoms with Gasteiger partial charge >= 0.3 is 6.18 Å². The summed E-state index contributed by atoms with van der Waals surface area (Å²) < 4.78 is 43.6. The Morgan fingerprint density at radius 3 is 2.48 bits per heavy atom. The lowest BCUT2D eigenvalue weighted by Gasteiger charge is -2.19. The summed E-state index contributed by atoms with van der Waals surface area (Å²) in [6.45, 7) is 5.45. The quantitative estimate of drug-likeness (QED) is 0.908. The maximum absolute atomic E-state index is 12.7. The van der Waals surface area contributed by atoms with E-state index in [-0.39, 0.29) is 12.1 Å². The molecular formula is C15H17F3N2O. The van der Waals surface area contributed by atoms with Gasteiger partial charge in [0.2, 0.25) is 5.89 Å². The maximum atomic E-state index is 12.7. The molecule has 0 bridgehead atoms. The van der Waals surface area contributed by atoms with Crippen LogP contribution in [0.1, 0.15) is 48.7 Å². The van der Waals surface area contributed by atoms with E-state index in [1.54, 1.807) is 19.2 Å². The Labute approximate surface area is 121 Å². The maximum Gasteiger partial charge on any atom is 0.416 e. The topological polar surface area (TPSA) is 38.1 Å². The Balaban J connectivity index is 2.11. The fraction of sp³-hybridized carbons (Fsp3) is 0.400. The molecule has 3 nitrogen and oxygen atoms in total. The van der Waals surface area contributed by atoms with Crippen molar-refractivity contribution in [3.8, 4) is 0 Å². The lowest BCUT2D eigenvalue weighted by Crippen LogP contribution is -2.23. The first-order valence-corrected chi connectivity index (χ1v) is 6.63. The number of oxazole rings is 1. The van der Waals surface area contributed by atoms with E-state index in [0.29, 0.717) is 17.2 Å². The zero-order chi connectivity index (χ0) is 15.6. The van der Waals surface area contributed by atoms with Crippen LogP contribution in [-0.2, 0) is 6.18 Å². The van der Waals surface area contributed by atoms with Crippen LogP contribution in [0, 0.1) is 6.92 Å². The van der Waals surface area contributed by atoms with E-state index in [1.165, 1.54) is 6.07 Å². The van der Waals surface area contributed by atoms with E-state index < -0.39 is 11.7 Å². The van der Waals surface area contributed by atoms with E-state index in [0.717, 1.165) is 12.1 Å². The van der Waals surface area contributed by atoms with Gasteiger partial charge in [0, 0.05) is 6.04 Å². The van der Waals surface area contributed by atoms with E-state index in [4.69, 9.17) is 4.42 Å². The highest BCUT2D eigenvalue weighted by Crippen LogP contribution is 2.31. The molecule has 2 aromatic rings. The van der Waals surface area contributed by atoms with E-state index in [2.05, 4.69) is 10.3 Å². The normalized spacial score (nSPS) is 15.0. The molecule has 0 aliphatic heterocycles. The van der Waals surface area contributed by atoms with Crippen molar-refractivity contribution in [2.45, 2.75) is 39.0 Å². The van der Waals surface area contributed by atoms with Crippen LogP contribution >= 0.6 is 0 Å². The molecule has 1 N–H and O–H groups in total. The van der Waals surface area contributed by atoms with Crippen molar-refractivity contribution in [2.75, 3.05) is 0 Å². The Morgan fingerprint density at radius 1 is 1.19 bits per heavy atom. The van der Waals surface area contributed by atoms with Crippen molar-refractivity contribution in [1.82, 2.24) is 10.3 Å². The number of hydrogen-bond acceptors (Lipinski definition) is 3. The Kier molecular flexibility index (Phi) is 4.37. The number of nitrogens with zero attached hydrogens (tertiary/aromatic N) is 1. The summed E-state index contributed by atoms with van der Waals surface area (Å²) in [5.41, 5.74) is -0.0757. The number of benzene rings is 1. The second-order valence-electron chi connectivity index (χ2n) is 5.04. The molecule has 0 amide bonds. The van der Waals surface area contributed by atoms with Crippen LogP contribution < -0.4 is 5.32 Å². The van der Waals surface area contributed by atoms with Gasteiger partial charge in [0.15, 0.2) is 0 Å². The van der Waals surface area contributed by atoms with Crippen LogP contribution in [0.25, 0.3) is 0 Å². The van der Waals surface area contributed by atoms with Gasteiger partial charge in [-0.3, -0.25) is 5.32 Å². The number of aromatic nitrogens is 1. The lowest BCUT2D eigenvalue weighted by molar-refractivity contribution is -0.137. The average Bonchev–Trinajstić information content (AvgIpc) is 2.84. The molecule has 1 aromatic carbocycles. The third kappa shape index (κ3) is 3.85. The molecule has 2 atom stereocenters. The van der Waals surface area contributed by atoms with Crippen molar-refractivity contribution in [3.05, 3.63) is 53.2 Å². The molecule has 2 unspecified atom stereocenters. The molecule has 0 saturated heterocycles. The van der Waals surface area contributed by atoms with E-state index >= 15 is 0 Å². The van der Waals surface area contributed by atoms with Crippen LogP contribution in [0.5, 0.6) is 0 Å². The highest BCUT2D eigenvalue weighted by Gasteiger charge is 2.30. The second-order valence-corrected chi connectivity index (χ2v) is 5.04. The number of halogens is 3. The lowest BCUT2D eigenvalue weighted by atomic mass is 10.0. The summed E-state index contributed by atoms with van der Waals surface area (Å²) in [5, 5.41) is 3.18. The third-order valence-electron chi connectivity index (χ3n) is 3.22. The molecule has 6 heteroatoms. The van der Waals surface area contributed by atoms with E-state index in [9.17, 15) is 13.2 Å². The van der Waals surface area contributed by atoms with Gasteiger partial charge in [0.1, 0.15) is 5.76 Å². The van der Waals surface area contributed by atoms with Gasteiger partial charge < -0.3 is 4.42 Å². The Hall–Kier alpha value is -1.82.